The van der Waals surface area contributed by atoms with E-state index in [0.29, 0.717) is 13.0 Å². The highest BCUT2D eigenvalue weighted by Gasteiger charge is 2.34. The summed E-state index contributed by atoms with van der Waals surface area (Å²) in [4.78, 5) is 24.1. The largest absolute Gasteiger partial charge is 0.368 e. The molecule has 1 rings (SSSR count). The predicted octanol–water partition coefficient (Wildman–Crippen LogP) is 0.119. The summed E-state index contributed by atoms with van der Waals surface area (Å²) < 4.78 is 0. The first-order valence-electron chi connectivity index (χ1n) is 4.67. The number of carbonyl (C=O) groups is 2. The summed E-state index contributed by atoms with van der Waals surface area (Å²) in [6, 6.07) is -0.405. The minimum absolute atomic E-state index is 0.0494. The Labute approximate surface area is 78.1 Å². The molecule has 4 nitrogen and oxygen atoms in total. The van der Waals surface area contributed by atoms with E-state index in [9.17, 15) is 9.59 Å². The van der Waals surface area contributed by atoms with E-state index in [4.69, 9.17) is 5.73 Å². The molecule has 2 atom stereocenters. The van der Waals surface area contributed by atoms with Crippen LogP contribution in [-0.4, -0.2) is 29.3 Å². The SMILES string of the molecule is CC[C@@H](C(N)=O)N1CC[C@@H](C)C1=O. The van der Waals surface area contributed by atoms with Gasteiger partial charge in [-0.1, -0.05) is 13.8 Å². The molecule has 1 fully saturated rings. The highest BCUT2D eigenvalue weighted by Crippen LogP contribution is 2.20. The van der Waals surface area contributed by atoms with Crippen LogP contribution in [0.15, 0.2) is 0 Å². The Balaban J connectivity index is 2.71. The molecule has 13 heavy (non-hydrogen) atoms. The van der Waals surface area contributed by atoms with Crippen molar-refractivity contribution in [3.05, 3.63) is 0 Å². The first kappa shape index (κ1) is 10.0. The second-order valence-corrected chi connectivity index (χ2v) is 3.55. The smallest absolute Gasteiger partial charge is 0.240 e. The van der Waals surface area contributed by atoms with Gasteiger partial charge in [-0.3, -0.25) is 9.59 Å². The molecule has 0 bridgehead atoms. The summed E-state index contributed by atoms with van der Waals surface area (Å²) in [5.74, 6) is -0.288. The van der Waals surface area contributed by atoms with Crippen LogP contribution in [0.5, 0.6) is 0 Å². The molecule has 0 aliphatic carbocycles. The Morgan fingerprint density at radius 2 is 2.38 bits per heavy atom. The Morgan fingerprint density at radius 3 is 2.69 bits per heavy atom. The second-order valence-electron chi connectivity index (χ2n) is 3.55. The quantitative estimate of drug-likeness (QED) is 0.677. The molecule has 2 amide bonds. The molecule has 0 radical (unpaired) electrons. The maximum Gasteiger partial charge on any atom is 0.240 e. The van der Waals surface area contributed by atoms with Crippen molar-refractivity contribution >= 4 is 11.8 Å². The minimum Gasteiger partial charge on any atom is -0.368 e. The van der Waals surface area contributed by atoms with Crippen molar-refractivity contribution < 1.29 is 9.59 Å². The third-order valence-electron chi connectivity index (χ3n) is 2.60. The molecular weight excluding hydrogens is 168 g/mol. The van der Waals surface area contributed by atoms with Crippen molar-refractivity contribution in [2.45, 2.75) is 32.7 Å². The first-order chi connectivity index (χ1) is 6.07. The van der Waals surface area contributed by atoms with Crippen LogP contribution >= 0.6 is 0 Å². The summed E-state index contributed by atoms with van der Waals surface area (Å²) >= 11 is 0. The Bertz CT molecular complexity index is 228. The fourth-order valence-electron chi connectivity index (χ4n) is 1.73. The van der Waals surface area contributed by atoms with Crippen molar-refractivity contribution in [1.29, 1.82) is 0 Å². The third kappa shape index (κ3) is 1.82. The lowest BCUT2D eigenvalue weighted by molar-refractivity contribution is -0.138. The van der Waals surface area contributed by atoms with Crippen LogP contribution in [0.25, 0.3) is 0 Å². The van der Waals surface area contributed by atoms with Gasteiger partial charge in [0.05, 0.1) is 0 Å². The lowest BCUT2D eigenvalue weighted by Gasteiger charge is -2.23. The third-order valence-corrected chi connectivity index (χ3v) is 2.60. The van der Waals surface area contributed by atoms with E-state index >= 15 is 0 Å². The van der Waals surface area contributed by atoms with Crippen LogP contribution in [0.1, 0.15) is 26.7 Å². The van der Waals surface area contributed by atoms with Crippen LogP contribution in [0.4, 0.5) is 0 Å². The number of carbonyl (C=O) groups excluding carboxylic acids is 2. The molecule has 0 spiro atoms. The summed E-state index contributed by atoms with van der Waals surface area (Å²) in [6.45, 7) is 4.42. The number of hydrogen-bond acceptors (Lipinski definition) is 2. The first-order valence-corrected chi connectivity index (χ1v) is 4.67. The maximum absolute atomic E-state index is 11.5. The Kier molecular flexibility index (Phi) is 2.90. The summed E-state index contributed by atoms with van der Waals surface area (Å²) in [6.07, 6.45) is 1.44. The van der Waals surface area contributed by atoms with Gasteiger partial charge in [-0.25, -0.2) is 0 Å². The molecule has 0 aromatic heterocycles. The number of nitrogens with two attached hydrogens (primary N) is 1. The summed E-state index contributed by atoms with van der Waals surface area (Å²) in [7, 11) is 0. The van der Waals surface area contributed by atoms with Crippen molar-refractivity contribution in [2.24, 2.45) is 11.7 Å². The highest BCUT2D eigenvalue weighted by atomic mass is 16.2. The van der Waals surface area contributed by atoms with Crippen LogP contribution in [0.3, 0.4) is 0 Å². The van der Waals surface area contributed by atoms with Crippen molar-refractivity contribution in [1.82, 2.24) is 4.90 Å². The van der Waals surface area contributed by atoms with Gasteiger partial charge < -0.3 is 10.6 Å². The molecule has 1 heterocycles. The average Bonchev–Trinajstić information content (AvgIpc) is 2.37. The zero-order valence-electron chi connectivity index (χ0n) is 8.12. The molecular formula is C9H16N2O2. The number of rotatable bonds is 3. The second kappa shape index (κ2) is 3.77. The average molecular weight is 184 g/mol. The maximum atomic E-state index is 11.5. The monoisotopic (exact) mass is 184 g/mol. The van der Waals surface area contributed by atoms with Crippen LogP contribution in [0.2, 0.25) is 0 Å². The standard InChI is InChI=1S/C9H16N2O2/c1-3-7(8(10)12)11-5-4-6(2)9(11)13/h6-7H,3-5H2,1-2H3,(H2,10,12)/t6-,7+/m1/s1. The van der Waals surface area contributed by atoms with E-state index in [-0.39, 0.29) is 11.8 Å². The molecule has 0 aromatic rings. The van der Waals surface area contributed by atoms with Gasteiger partial charge in [-0.05, 0) is 12.8 Å². The predicted molar refractivity (Wildman–Crippen MR) is 48.8 cm³/mol. The molecule has 0 aromatic carbocycles. The molecule has 1 aliphatic heterocycles. The fraction of sp³-hybridized carbons (Fsp3) is 0.778. The molecule has 0 unspecified atom stereocenters. The van der Waals surface area contributed by atoms with Gasteiger partial charge in [0.25, 0.3) is 0 Å². The molecule has 1 aliphatic rings. The number of primary amides is 1. The van der Waals surface area contributed by atoms with Crippen molar-refractivity contribution in [3.63, 3.8) is 0 Å². The van der Waals surface area contributed by atoms with Gasteiger partial charge in [-0.2, -0.15) is 0 Å². The van der Waals surface area contributed by atoms with E-state index in [1.807, 2.05) is 13.8 Å². The van der Waals surface area contributed by atoms with Crippen LogP contribution in [0, 0.1) is 5.92 Å². The van der Waals surface area contributed by atoms with Crippen molar-refractivity contribution in [3.8, 4) is 0 Å². The number of likely N-dealkylation sites (tertiary alicyclic amines) is 1. The summed E-state index contributed by atoms with van der Waals surface area (Å²) in [5.41, 5.74) is 5.20. The number of hydrogen-bond donors (Lipinski definition) is 1. The van der Waals surface area contributed by atoms with Gasteiger partial charge in [0.1, 0.15) is 6.04 Å². The normalized spacial score (nSPS) is 24.9. The number of nitrogens with zero attached hydrogens (tertiary/aromatic N) is 1. The van der Waals surface area contributed by atoms with E-state index in [2.05, 4.69) is 0 Å². The van der Waals surface area contributed by atoms with Gasteiger partial charge in [0, 0.05) is 12.5 Å². The van der Waals surface area contributed by atoms with E-state index < -0.39 is 11.9 Å². The Hall–Kier alpha value is -1.06. The van der Waals surface area contributed by atoms with Gasteiger partial charge in [0.15, 0.2) is 0 Å². The molecule has 0 saturated carbocycles. The lowest BCUT2D eigenvalue weighted by Crippen LogP contribution is -2.45. The highest BCUT2D eigenvalue weighted by molar-refractivity contribution is 5.88. The molecule has 4 heteroatoms. The Morgan fingerprint density at radius 1 is 1.77 bits per heavy atom. The molecule has 74 valence electrons. The van der Waals surface area contributed by atoms with Gasteiger partial charge in [-0.15, -0.1) is 0 Å². The van der Waals surface area contributed by atoms with E-state index in [1.54, 1.807) is 4.90 Å². The van der Waals surface area contributed by atoms with E-state index in [0.717, 1.165) is 6.42 Å². The topological polar surface area (TPSA) is 63.4 Å². The van der Waals surface area contributed by atoms with Gasteiger partial charge in [0.2, 0.25) is 11.8 Å². The lowest BCUT2D eigenvalue weighted by atomic mass is 10.1. The summed E-state index contributed by atoms with van der Waals surface area (Å²) in [5, 5.41) is 0. The number of amides is 2. The van der Waals surface area contributed by atoms with Crippen LogP contribution in [-0.2, 0) is 9.59 Å². The fourth-order valence-corrected chi connectivity index (χ4v) is 1.73. The zero-order valence-corrected chi connectivity index (χ0v) is 8.12. The van der Waals surface area contributed by atoms with Crippen LogP contribution < -0.4 is 5.73 Å². The zero-order chi connectivity index (χ0) is 10.0. The van der Waals surface area contributed by atoms with E-state index in [1.165, 1.54) is 0 Å². The molecule has 2 N–H and O–H groups in total. The minimum atomic E-state index is -0.405. The van der Waals surface area contributed by atoms with Gasteiger partial charge >= 0.3 is 0 Å². The van der Waals surface area contributed by atoms with Crippen molar-refractivity contribution in [2.75, 3.05) is 6.54 Å². The molecule has 1 saturated heterocycles.